The Bertz CT molecular complexity index is 489. The van der Waals surface area contributed by atoms with Crippen LogP contribution in [0.4, 0.5) is 11.4 Å². The number of nitro groups is 1. The fourth-order valence-electron chi connectivity index (χ4n) is 1.84. The van der Waals surface area contributed by atoms with Crippen LogP contribution in [-0.2, 0) is 16.1 Å². The molecule has 1 aliphatic rings. The van der Waals surface area contributed by atoms with Crippen molar-refractivity contribution in [3.8, 4) is 0 Å². The Morgan fingerprint density at radius 3 is 2.89 bits per heavy atom. The van der Waals surface area contributed by atoms with E-state index in [1.807, 2.05) is 0 Å². The number of amides is 1. The first kappa shape index (κ1) is 12.5. The molecule has 1 aromatic rings. The van der Waals surface area contributed by atoms with Gasteiger partial charge in [-0.25, -0.2) is 0 Å². The maximum atomic E-state index is 11.7. The van der Waals surface area contributed by atoms with Crippen molar-refractivity contribution in [3.63, 3.8) is 0 Å². The Labute approximate surface area is 103 Å². The summed E-state index contributed by atoms with van der Waals surface area (Å²) in [6.45, 7) is 0.872. The van der Waals surface area contributed by atoms with Gasteiger partial charge in [0.15, 0.2) is 0 Å². The second-order valence-corrected chi connectivity index (χ2v) is 3.88. The van der Waals surface area contributed by atoms with Crippen LogP contribution in [0.2, 0.25) is 0 Å². The molecule has 0 atom stereocenters. The topological polar surface area (TPSA) is 98.7 Å². The number of rotatable bonds is 3. The van der Waals surface area contributed by atoms with Gasteiger partial charge in [0, 0.05) is 19.2 Å². The summed E-state index contributed by atoms with van der Waals surface area (Å²) in [5.74, 6) is -0.273. The molecule has 7 nitrogen and oxygen atoms in total. The van der Waals surface area contributed by atoms with Crippen LogP contribution in [0.5, 0.6) is 0 Å². The van der Waals surface area contributed by atoms with Crippen LogP contribution >= 0.6 is 0 Å². The number of morpholine rings is 1. The second-order valence-electron chi connectivity index (χ2n) is 3.88. The minimum Gasteiger partial charge on any atom is -0.370 e. The van der Waals surface area contributed by atoms with Gasteiger partial charge in [-0.1, -0.05) is 6.07 Å². The molecule has 18 heavy (non-hydrogen) atoms. The fourth-order valence-corrected chi connectivity index (χ4v) is 1.84. The van der Waals surface area contributed by atoms with Gasteiger partial charge in [-0.3, -0.25) is 14.9 Å². The summed E-state index contributed by atoms with van der Waals surface area (Å²) in [7, 11) is 0. The van der Waals surface area contributed by atoms with Gasteiger partial charge in [-0.05, 0) is 11.6 Å². The van der Waals surface area contributed by atoms with Crippen LogP contribution in [-0.4, -0.2) is 30.6 Å². The van der Waals surface area contributed by atoms with Crippen LogP contribution in [0.15, 0.2) is 18.2 Å². The van der Waals surface area contributed by atoms with Crippen LogP contribution in [0.25, 0.3) is 0 Å². The first-order valence-corrected chi connectivity index (χ1v) is 5.49. The number of hydrogen-bond donors (Lipinski definition) is 1. The van der Waals surface area contributed by atoms with Crippen LogP contribution in [0, 0.1) is 10.1 Å². The summed E-state index contributed by atoms with van der Waals surface area (Å²) in [6, 6.07) is 4.65. The molecule has 1 fully saturated rings. The molecular formula is C11H13N3O4. The number of carbonyl (C=O) groups is 1. The fraction of sp³-hybridized carbons (Fsp3) is 0.364. The molecule has 0 unspecified atom stereocenters. The third kappa shape index (κ3) is 2.31. The highest BCUT2D eigenvalue weighted by Gasteiger charge is 2.26. The Hall–Kier alpha value is -1.99. The van der Waals surface area contributed by atoms with E-state index in [4.69, 9.17) is 10.5 Å². The summed E-state index contributed by atoms with van der Waals surface area (Å²) in [4.78, 5) is 23.6. The predicted octanol–water partition coefficient (Wildman–Crippen LogP) is 0.417. The van der Waals surface area contributed by atoms with Gasteiger partial charge in [0.2, 0.25) is 0 Å². The van der Waals surface area contributed by atoms with Gasteiger partial charge in [0.25, 0.3) is 11.6 Å². The highest BCUT2D eigenvalue weighted by Crippen LogP contribution is 2.30. The maximum absolute atomic E-state index is 11.7. The van der Waals surface area contributed by atoms with Crippen LogP contribution in [0.1, 0.15) is 5.56 Å². The maximum Gasteiger partial charge on any atom is 0.293 e. The lowest BCUT2D eigenvalue weighted by Gasteiger charge is -2.26. The lowest BCUT2D eigenvalue weighted by Crippen LogP contribution is -2.41. The number of anilines is 1. The molecule has 1 saturated heterocycles. The average molecular weight is 251 g/mol. The zero-order valence-electron chi connectivity index (χ0n) is 9.67. The van der Waals surface area contributed by atoms with E-state index >= 15 is 0 Å². The van der Waals surface area contributed by atoms with E-state index in [1.165, 1.54) is 11.0 Å². The molecule has 1 heterocycles. The van der Waals surface area contributed by atoms with E-state index in [9.17, 15) is 14.9 Å². The van der Waals surface area contributed by atoms with Crippen molar-refractivity contribution in [1.82, 2.24) is 0 Å². The molecule has 0 radical (unpaired) electrons. The average Bonchev–Trinajstić information content (AvgIpc) is 2.38. The molecule has 2 rings (SSSR count). The lowest BCUT2D eigenvalue weighted by molar-refractivity contribution is -0.384. The molecule has 96 valence electrons. The van der Waals surface area contributed by atoms with E-state index < -0.39 is 4.92 Å². The van der Waals surface area contributed by atoms with Crippen LogP contribution < -0.4 is 10.6 Å². The molecule has 1 aromatic carbocycles. The second kappa shape index (κ2) is 5.11. The summed E-state index contributed by atoms with van der Waals surface area (Å²) in [6.07, 6.45) is 0. The van der Waals surface area contributed by atoms with Gasteiger partial charge >= 0.3 is 0 Å². The molecule has 7 heteroatoms. The Balaban J connectivity index is 2.42. The monoisotopic (exact) mass is 251 g/mol. The SMILES string of the molecule is NCc1ccc(N2CCOCC2=O)c([N+](=O)[O-])c1. The van der Waals surface area contributed by atoms with Gasteiger partial charge in [-0.15, -0.1) is 0 Å². The van der Waals surface area contributed by atoms with E-state index in [-0.39, 0.29) is 24.7 Å². The van der Waals surface area contributed by atoms with Crippen molar-refractivity contribution in [2.24, 2.45) is 5.73 Å². The first-order valence-electron chi connectivity index (χ1n) is 5.49. The van der Waals surface area contributed by atoms with Crippen molar-refractivity contribution in [2.45, 2.75) is 6.54 Å². The smallest absolute Gasteiger partial charge is 0.293 e. The van der Waals surface area contributed by atoms with Crippen molar-refractivity contribution in [1.29, 1.82) is 0 Å². The molecule has 1 amide bonds. The number of nitrogens with zero attached hydrogens (tertiary/aromatic N) is 2. The zero-order valence-corrected chi connectivity index (χ0v) is 9.67. The predicted molar refractivity (Wildman–Crippen MR) is 64.2 cm³/mol. The normalized spacial score (nSPS) is 15.8. The van der Waals surface area contributed by atoms with Crippen molar-refractivity contribution in [3.05, 3.63) is 33.9 Å². The molecule has 1 aliphatic heterocycles. The molecule has 0 saturated carbocycles. The van der Waals surface area contributed by atoms with Crippen molar-refractivity contribution >= 4 is 17.3 Å². The quantitative estimate of drug-likeness (QED) is 0.620. The molecule has 0 spiro atoms. The van der Waals surface area contributed by atoms with Crippen molar-refractivity contribution in [2.75, 3.05) is 24.7 Å². The minimum absolute atomic E-state index is 0.0458. The molecule has 0 aliphatic carbocycles. The van der Waals surface area contributed by atoms with Gasteiger partial charge in [0.05, 0.1) is 11.5 Å². The third-order valence-electron chi connectivity index (χ3n) is 2.75. The van der Waals surface area contributed by atoms with E-state index in [0.717, 1.165) is 0 Å². The number of nitrogens with two attached hydrogens (primary N) is 1. The Morgan fingerprint density at radius 2 is 2.28 bits per heavy atom. The number of benzene rings is 1. The first-order chi connectivity index (χ1) is 8.63. The molecule has 2 N–H and O–H groups in total. The molecular weight excluding hydrogens is 238 g/mol. The number of ether oxygens (including phenoxy) is 1. The number of carbonyl (C=O) groups excluding carboxylic acids is 1. The summed E-state index contributed by atoms with van der Waals surface area (Å²) < 4.78 is 5.00. The lowest BCUT2D eigenvalue weighted by atomic mass is 10.1. The van der Waals surface area contributed by atoms with Gasteiger partial charge in [0.1, 0.15) is 12.3 Å². The largest absolute Gasteiger partial charge is 0.370 e. The minimum atomic E-state index is -0.503. The highest BCUT2D eigenvalue weighted by molar-refractivity contribution is 5.97. The van der Waals surface area contributed by atoms with E-state index in [0.29, 0.717) is 24.4 Å². The third-order valence-corrected chi connectivity index (χ3v) is 2.75. The molecule has 0 bridgehead atoms. The van der Waals surface area contributed by atoms with E-state index in [1.54, 1.807) is 12.1 Å². The van der Waals surface area contributed by atoms with E-state index in [2.05, 4.69) is 0 Å². The molecule has 0 aromatic heterocycles. The summed E-state index contributed by atoms with van der Waals surface area (Å²) in [5.41, 5.74) is 6.30. The number of nitro benzene ring substituents is 1. The Morgan fingerprint density at radius 1 is 1.50 bits per heavy atom. The zero-order chi connectivity index (χ0) is 13.1. The van der Waals surface area contributed by atoms with Crippen LogP contribution in [0.3, 0.4) is 0 Å². The standard InChI is InChI=1S/C11H13N3O4/c12-6-8-1-2-9(10(5-8)14(16)17)13-3-4-18-7-11(13)15/h1-2,5H,3-4,6-7,12H2. The summed E-state index contributed by atoms with van der Waals surface area (Å²) in [5, 5.41) is 11.0. The van der Waals surface area contributed by atoms with Crippen molar-refractivity contribution < 1.29 is 14.5 Å². The highest BCUT2D eigenvalue weighted by atomic mass is 16.6. The van der Waals surface area contributed by atoms with Gasteiger partial charge in [-0.2, -0.15) is 0 Å². The summed E-state index contributed by atoms with van der Waals surface area (Å²) >= 11 is 0. The Kier molecular flexibility index (Phi) is 3.54. The number of hydrogen-bond acceptors (Lipinski definition) is 5. The van der Waals surface area contributed by atoms with Gasteiger partial charge < -0.3 is 15.4 Å².